The van der Waals surface area contributed by atoms with Crippen molar-refractivity contribution < 1.29 is 5.11 Å². The van der Waals surface area contributed by atoms with Gasteiger partial charge in [0.25, 0.3) is 0 Å². The van der Waals surface area contributed by atoms with Crippen LogP contribution in [0.3, 0.4) is 0 Å². The Kier molecular flexibility index (Phi) is 6.63. The van der Waals surface area contributed by atoms with E-state index in [0.717, 1.165) is 29.9 Å². The molecule has 0 atom stereocenters. The highest BCUT2D eigenvalue weighted by molar-refractivity contribution is 5.70. The number of phenolic OH excluding ortho intramolecular Hbond substituents is 1. The average Bonchev–Trinajstić information content (AvgIpc) is 2.62. The third-order valence-electron chi connectivity index (χ3n) is 4.10. The van der Waals surface area contributed by atoms with E-state index in [-0.39, 0.29) is 5.75 Å². The van der Waals surface area contributed by atoms with Crippen LogP contribution in [0.5, 0.6) is 5.75 Å². The molecule has 0 heterocycles. The van der Waals surface area contributed by atoms with Gasteiger partial charge in [0.15, 0.2) is 0 Å². The summed E-state index contributed by atoms with van der Waals surface area (Å²) in [5, 5.41) is 12.8. The van der Waals surface area contributed by atoms with Gasteiger partial charge in [-0.05, 0) is 75.4 Å². The Bertz CT molecular complexity index is 708. The van der Waals surface area contributed by atoms with Gasteiger partial charge in [-0.3, -0.25) is 4.99 Å². The molecular weight excluding hydrogens is 310 g/mol. The Morgan fingerprint density at radius 1 is 1.20 bits per heavy atom. The maximum atomic E-state index is 9.39. The second-order valence-electron chi connectivity index (χ2n) is 6.25. The maximum Gasteiger partial charge on any atom is 0.115 e. The van der Waals surface area contributed by atoms with E-state index in [0.29, 0.717) is 12.7 Å². The number of allylic oxidation sites excluding steroid dienone is 1. The molecule has 0 aliphatic carbocycles. The van der Waals surface area contributed by atoms with Gasteiger partial charge in [-0.2, -0.15) is 0 Å². The van der Waals surface area contributed by atoms with Gasteiger partial charge in [0.2, 0.25) is 0 Å². The van der Waals surface area contributed by atoms with E-state index in [9.17, 15) is 5.11 Å². The van der Waals surface area contributed by atoms with Crippen molar-refractivity contribution in [3.8, 4) is 5.75 Å². The lowest BCUT2D eigenvalue weighted by Gasteiger charge is -2.31. The molecule has 0 aliphatic heterocycles. The number of nitrogens with one attached hydrogen (secondary N) is 1. The first-order valence-corrected chi connectivity index (χ1v) is 8.55. The van der Waals surface area contributed by atoms with E-state index in [1.54, 1.807) is 12.1 Å². The van der Waals surface area contributed by atoms with Gasteiger partial charge in [-0.15, -0.1) is 6.58 Å². The lowest BCUT2D eigenvalue weighted by atomic mass is 10.1. The number of hydrogen-bond acceptors (Lipinski definition) is 4. The van der Waals surface area contributed by atoms with E-state index >= 15 is 0 Å². The zero-order chi connectivity index (χ0) is 18.2. The fourth-order valence-corrected chi connectivity index (χ4v) is 2.66. The van der Waals surface area contributed by atoms with E-state index in [4.69, 9.17) is 0 Å². The molecule has 2 aromatic rings. The fraction of sp³-hybridized carbons (Fsp3) is 0.286. The summed E-state index contributed by atoms with van der Waals surface area (Å²) in [4.78, 5) is 6.48. The third-order valence-corrected chi connectivity index (χ3v) is 4.10. The topological polar surface area (TPSA) is 47.9 Å². The molecule has 2 rings (SSSR count). The van der Waals surface area contributed by atoms with Crippen LogP contribution in [0.25, 0.3) is 0 Å². The number of aliphatic imine (C=N–C) groups is 1. The number of aryl methyl sites for hydroxylation is 1. The molecule has 0 aromatic heterocycles. The minimum absolute atomic E-state index is 0.263. The molecule has 0 amide bonds. The van der Waals surface area contributed by atoms with Crippen molar-refractivity contribution in [1.82, 2.24) is 0 Å². The summed E-state index contributed by atoms with van der Waals surface area (Å²) in [6.07, 6.45) is 3.84. The Morgan fingerprint density at radius 2 is 1.92 bits per heavy atom. The van der Waals surface area contributed by atoms with Crippen LogP contribution in [0.15, 0.2) is 60.1 Å². The van der Waals surface area contributed by atoms with Crippen LogP contribution < -0.4 is 10.2 Å². The van der Waals surface area contributed by atoms with Crippen molar-refractivity contribution in [3.63, 3.8) is 0 Å². The summed E-state index contributed by atoms with van der Waals surface area (Å²) in [5.74, 6) is 0.263. The van der Waals surface area contributed by atoms with E-state index < -0.39 is 0 Å². The lowest BCUT2D eigenvalue weighted by Crippen LogP contribution is -2.35. The van der Waals surface area contributed by atoms with Gasteiger partial charge < -0.3 is 15.3 Å². The van der Waals surface area contributed by atoms with Crippen LogP contribution >= 0.6 is 0 Å². The van der Waals surface area contributed by atoms with Gasteiger partial charge in [0.1, 0.15) is 5.75 Å². The van der Waals surface area contributed by atoms with E-state index in [1.807, 2.05) is 18.2 Å². The smallest absolute Gasteiger partial charge is 0.115 e. The highest BCUT2D eigenvalue weighted by Gasteiger charge is 2.14. The summed E-state index contributed by atoms with van der Waals surface area (Å²) in [5.41, 5.74) is 4.14. The molecule has 25 heavy (non-hydrogen) atoms. The summed E-state index contributed by atoms with van der Waals surface area (Å²) in [6, 6.07) is 13.7. The van der Waals surface area contributed by atoms with Gasteiger partial charge in [0.05, 0.1) is 18.0 Å². The highest BCUT2D eigenvalue weighted by Crippen LogP contribution is 2.31. The number of anilines is 2. The van der Waals surface area contributed by atoms with Crippen LogP contribution in [0.2, 0.25) is 0 Å². The van der Waals surface area contributed by atoms with Gasteiger partial charge in [0, 0.05) is 11.7 Å². The second kappa shape index (κ2) is 8.92. The zero-order valence-electron chi connectivity index (χ0n) is 15.1. The Balaban J connectivity index is 2.19. The predicted octanol–water partition coefficient (Wildman–Crippen LogP) is 5.13. The summed E-state index contributed by atoms with van der Waals surface area (Å²) in [6.45, 7) is 12.5. The van der Waals surface area contributed by atoms with Crippen molar-refractivity contribution >= 4 is 23.8 Å². The van der Waals surface area contributed by atoms with Crippen molar-refractivity contribution in [2.75, 3.05) is 16.9 Å². The van der Waals surface area contributed by atoms with Crippen molar-refractivity contribution in [3.05, 3.63) is 60.7 Å². The molecule has 4 heteroatoms. The normalized spacial score (nSPS) is 10.5. The molecule has 2 aromatic carbocycles. The first-order valence-electron chi connectivity index (χ1n) is 8.55. The number of phenols is 1. The molecule has 0 aliphatic rings. The van der Waals surface area contributed by atoms with Crippen LogP contribution in [0.1, 0.15) is 25.8 Å². The maximum absolute atomic E-state index is 9.39. The van der Waals surface area contributed by atoms with E-state index in [1.165, 1.54) is 5.56 Å². The zero-order valence-corrected chi connectivity index (χ0v) is 15.1. The highest BCUT2D eigenvalue weighted by atomic mass is 16.3. The van der Waals surface area contributed by atoms with Crippen molar-refractivity contribution in [2.24, 2.45) is 4.99 Å². The van der Waals surface area contributed by atoms with Crippen LogP contribution in [-0.4, -0.2) is 24.5 Å². The van der Waals surface area contributed by atoms with Crippen molar-refractivity contribution in [1.29, 1.82) is 0 Å². The van der Waals surface area contributed by atoms with Crippen molar-refractivity contribution in [2.45, 2.75) is 32.7 Å². The van der Waals surface area contributed by atoms with Gasteiger partial charge in [-0.25, -0.2) is 0 Å². The van der Waals surface area contributed by atoms with Crippen LogP contribution in [0, 0.1) is 0 Å². The first-order chi connectivity index (χ1) is 12.0. The molecule has 0 saturated heterocycles. The Labute approximate surface area is 150 Å². The molecule has 4 nitrogen and oxygen atoms in total. The summed E-state index contributed by atoms with van der Waals surface area (Å²) < 4.78 is 0. The van der Waals surface area contributed by atoms with Crippen LogP contribution in [-0.2, 0) is 6.42 Å². The monoisotopic (exact) mass is 337 g/mol. The quantitative estimate of drug-likeness (QED) is 0.289. The Morgan fingerprint density at radius 3 is 2.52 bits per heavy atom. The molecule has 0 bridgehead atoms. The molecule has 0 saturated carbocycles. The standard InChI is InChI=1S/C21H27N3O/c1-5-6-7-17-8-13-21(20(14-17)22-4)24(16(2)3)15-23-18-9-11-19(25)12-10-18/h5,8-14,16,23,25H,1,4,6-7,15H2,2-3H3. The Hall–Kier alpha value is -2.75. The molecule has 0 unspecified atom stereocenters. The average molecular weight is 337 g/mol. The predicted molar refractivity (Wildman–Crippen MR) is 108 cm³/mol. The number of aromatic hydroxyl groups is 1. The summed E-state index contributed by atoms with van der Waals surface area (Å²) in [7, 11) is 0. The van der Waals surface area contributed by atoms with Gasteiger partial charge >= 0.3 is 0 Å². The minimum atomic E-state index is 0.263. The second-order valence-corrected chi connectivity index (χ2v) is 6.25. The molecule has 0 spiro atoms. The molecule has 0 radical (unpaired) electrons. The largest absolute Gasteiger partial charge is 0.508 e. The number of benzene rings is 2. The van der Waals surface area contributed by atoms with Crippen LogP contribution in [0.4, 0.5) is 17.1 Å². The third kappa shape index (κ3) is 5.11. The first kappa shape index (κ1) is 18.6. The lowest BCUT2D eigenvalue weighted by molar-refractivity contribution is 0.475. The van der Waals surface area contributed by atoms with Gasteiger partial charge in [-0.1, -0.05) is 12.1 Å². The number of nitrogens with zero attached hydrogens (tertiary/aromatic N) is 2. The molecular formula is C21H27N3O. The minimum Gasteiger partial charge on any atom is -0.508 e. The number of hydrogen-bond donors (Lipinski definition) is 2. The molecule has 132 valence electrons. The number of rotatable bonds is 9. The van der Waals surface area contributed by atoms with E-state index in [2.05, 4.69) is 60.6 Å². The summed E-state index contributed by atoms with van der Waals surface area (Å²) >= 11 is 0. The fourth-order valence-electron chi connectivity index (χ4n) is 2.66. The molecule has 2 N–H and O–H groups in total. The SMILES string of the molecule is C=CCCc1ccc(N(CNc2ccc(O)cc2)C(C)C)c(N=C)c1. The molecule has 0 fully saturated rings.